The molecule has 0 radical (unpaired) electrons. The zero-order chi connectivity index (χ0) is 21.7. The smallest absolute Gasteiger partial charge is 0.0249 e. The highest BCUT2D eigenvalue weighted by Crippen LogP contribution is 2.36. The number of allylic oxidation sites excluding steroid dienone is 2. The van der Waals surface area contributed by atoms with Crippen molar-refractivity contribution in [1.29, 1.82) is 0 Å². The van der Waals surface area contributed by atoms with Gasteiger partial charge in [-0.1, -0.05) is 87.4 Å². The van der Waals surface area contributed by atoms with Crippen LogP contribution >= 0.6 is 0 Å². The summed E-state index contributed by atoms with van der Waals surface area (Å²) in [5.74, 6) is 7.97. The maximum Gasteiger partial charge on any atom is 0.0249 e. The van der Waals surface area contributed by atoms with E-state index in [9.17, 15) is 0 Å². The molecule has 0 spiro atoms. The minimum Gasteiger partial charge on any atom is -0.0730 e. The Balaban J connectivity index is 1.42. The Kier molecular flexibility index (Phi) is 9.98. The van der Waals surface area contributed by atoms with Crippen molar-refractivity contribution >= 4 is 0 Å². The van der Waals surface area contributed by atoms with Gasteiger partial charge in [-0.3, -0.25) is 0 Å². The number of hydrogen-bond acceptors (Lipinski definition) is 0. The minimum absolute atomic E-state index is 0.690. The van der Waals surface area contributed by atoms with Gasteiger partial charge in [-0.2, -0.15) is 0 Å². The van der Waals surface area contributed by atoms with E-state index in [-0.39, 0.29) is 0 Å². The second-order valence-corrected chi connectivity index (χ2v) is 9.24. The summed E-state index contributed by atoms with van der Waals surface area (Å²) in [6, 6.07) is 18.3. The lowest BCUT2D eigenvalue weighted by Crippen LogP contribution is -2.11. The van der Waals surface area contributed by atoms with E-state index < -0.39 is 0 Å². The molecule has 0 atom stereocenters. The van der Waals surface area contributed by atoms with E-state index in [2.05, 4.69) is 86.4 Å². The van der Waals surface area contributed by atoms with E-state index in [4.69, 9.17) is 0 Å². The summed E-state index contributed by atoms with van der Waals surface area (Å²) in [5.41, 5.74) is 5.59. The van der Waals surface area contributed by atoms with Gasteiger partial charge in [0.25, 0.3) is 0 Å². The highest BCUT2D eigenvalue weighted by atomic mass is 14.3. The van der Waals surface area contributed by atoms with Gasteiger partial charge >= 0.3 is 0 Å². The summed E-state index contributed by atoms with van der Waals surface area (Å²) in [7, 11) is 0. The van der Waals surface area contributed by atoms with Gasteiger partial charge in [0.15, 0.2) is 0 Å². The van der Waals surface area contributed by atoms with Crippen molar-refractivity contribution in [2.75, 3.05) is 0 Å². The van der Waals surface area contributed by atoms with Crippen molar-refractivity contribution in [2.24, 2.45) is 5.92 Å². The SMILES string of the molecule is CCCCCc1ccc([C@H]2CC[C@H](C=CC#Cc3ccc(CCCC)cc3)CC2)cc1. The van der Waals surface area contributed by atoms with Gasteiger partial charge in [0.05, 0.1) is 0 Å². The van der Waals surface area contributed by atoms with Crippen LogP contribution in [0.2, 0.25) is 0 Å². The molecule has 0 amide bonds. The number of rotatable bonds is 9. The quantitative estimate of drug-likeness (QED) is 0.285. The highest BCUT2D eigenvalue weighted by Gasteiger charge is 2.20. The first-order valence-corrected chi connectivity index (χ1v) is 12.6. The van der Waals surface area contributed by atoms with Crippen LogP contribution in [0.5, 0.6) is 0 Å². The van der Waals surface area contributed by atoms with Crippen LogP contribution in [-0.4, -0.2) is 0 Å². The zero-order valence-electron chi connectivity index (χ0n) is 19.7. The fourth-order valence-electron chi connectivity index (χ4n) is 4.63. The summed E-state index contributed by atoms with van der Waals surface area (Å²) < 4.78 is 0. The lowest BCUT2D eigenvalue weighted by Gasteiger charge is -2.27. The van der Waals surface area contributed by atoms with Gasteiger partial charge < -0.3 is 0 Å². The average Bonchev–Trinajstić information content (AvgIpc) is 2.82. The first-order valence-electron chi connectivity index (χ1n) is 12.6. The predicted octanol–water partition coefficient (Wildman–Crippen LogP) is 8.64. The van der Waals surface area contributed by atoms with Gasteiger partial charge in [-0.05, 0) is 98.1 Å². The Labute approximate surface area is 191 Å². The van der Waals surface area contributed by atoms with Crippen LogP contribution in [-0.2, 0) is 12.8 Å². The Hall–Kier alpha value is -2.26. The van der Waals surface area contributed by atoms with Crippen LogP contribution in [0, 0.1) is 17.8 Å². The molecule has 0 saturated heterocycles. The standard InChI is InChI=1S/C31H40/c1-3-5-7-11-28-18-22-30(23-19-28)31-24-20-29(21-25-31)13-9-8-12-27-16-14-26(15-17-27)10-6-4-2/h9,13-19,22-23,29,31H,3-7,10-11,20-21,24-25H2,1-2H3/t29-,31-. The van der Waals surface area contributed by atoms with E-state index in [1.807, 2.05) is 0 Å². The van der Waals surface area contributed by atoms with Crippen LogP contribution in [0.3, 0.4) is 0 Å². The number of aryl methyl sites for hydroxylation is 2. The second kappa shape index (κ2) is 13.2. The van der Waals surface area contributed by atoms with Crippen molar-refractivity contribution in [3.05, 3.63) is 82.9 Å². The summed E-state index contributed by atoms with van der Waals surface area (Å²) in [6.07, 6.45) is 18.5. The first-order chi connectivity index (χ1) is 15.3. The molecular formula is C31H40. The van der Waals surface area contributed by atoms with Gasteiger partial charge in [0, 0.05) is 5.56 Å². The molecule has 1 saturated carbocycles. The molecule has 0 aliphatic heterocycles. The average molecular weight is 413 g/mol. The van der Waals surface area contributed by atoms with E-state index in [0.29, 0.717) is 5.92 Å². The van der Waals surface area contributed by atoms with Crippen molar-refractivity contribution in [3.63, 3.8) is 0 Å². The van der Waals surface area contributed by atoms with Crippen molar-refractivity contribution in [3.8, 4) is 11.8 Å². The van der Waals surface area contributed by atoms with E-state index in [0.717, 1.165) is 11.5 Å². The van der Waals surface area contributed by atoms with Crippen molar-refractivity contribution in [2.45, 2.75) is 90.4 Å². The topological polar surface area (TPSA) is 0 Å². The van der Waals surface area contributed by atoms with Crippen molar-refractivity contribution < 1.29 is 0 Å². The van der Waals surface area contributed by atoms with Crippen molar-refractivity contribution in [1.82, 2.24) is 0 Å². The summed E-state index contributed by atoms with van der Waals surface area (Å²) in [6.45, 7) is 4.51. The van der Waals surface area contributed by atoms with Crippen LogP contribution in [0.4, 0.5) is 0 Å². The molecule has 1 aliphatic carbocycles. The fraction of sp³-hybridized carbons (Fsp3) is 0.484. The maximum atomic E-state index is 3.29. The molecule has 164 valence electrons. The largest absolute Gasteiger partial charge is 0.0730 e. The molecule has 0 unspecified atom stereocenters. The highest BCUT2D eigenvalue weighted by molar-refractivity contribution is 5.38. The third-order valence-electron chi connectivity index (χ3n) is 6.73. The molecule has 3 rings (SSSR count). The molecule has 2 aromatic carbocycles. The molecule has 0 heterocycles. The Bertz CT molecular complexity index is 834. The monoisotopic (exact) mass is 412 g/mol. The zero-order valence-corrected chi connectivity index (χ0v) is 19.7. The number of unbranched alkanes of at least 4 members (excludes halogenated alkanes) is 3. The Morgan fingerprint density at radius 3 is 2.00 bits per heavy atom. The Morgan fingerprint density at radius 1 is 0.742 bits per heavy atom. The van der Waals surface area contributed by atoms with Crippen LogP contribution in [0.25, 0.3) is 0 Å². The van der Waals surface area contributed by atoms with E-state index in [1.165, 1.54) is 81.8 Å². The molecule has 1 aliphatic rings. The van der Waals surface area contributed by atoms with Crippen LogP contribution in [0.1, 0.15) is 99.8 Å². The fourth-order valence-corrected chi connectivity index (χ4v) is 4.63. The van der Waals surface area contributed by atoms with Crippen LogP contribution in [0.15, 0.2) is 60.7 Å². The maximum absolute atomic E-state index is 3.29. The van der Waals surface area contributed by atoms with Crippen LogP contribution < -0.4 is 0 Å². The molecule has 0 nitrogen and oxygen atoms in total. The van der Waals surface area contributed by atoms with Gasteiger partial charge in [0.1, 0.15) is 0 Å². The Morgan fingerprint density at radius 2 is 1.35 bits per heavy atom. The molecule has 31 heavy (non-hydrogen) atoms. The molecular weight excluding hydrogens is 372 g/mol. The van der Waals surface area contributed by atoms with Gasteiger partial charge in [-0.15, -0.1) is 0 Å². The third kappa shape index (κ3) is 8.06. The normalized spacial score (nSPS) is 18.6. The first kappa shape index (κ1) is 23.4. The minimum atomic E-state index is 0.690. The molecule has 0 bridgehead atoms. The number of benzene rings is 2. The second-order valence-electron chi connectivity index (χ2n) is 9.24. The van der Waals surface area contributed by atoms with E-state index in [1.54, 1.807) is 5.56 Å². The lowest BCUT2D eigenvalue weighted by atomic mass is 9.78. The lowest BCUT2D eigenvalue weighted by molar-refractivity contribution is 0.376. The molecule has 2 aromatic rings. The molecule has 0 heteroatoms. The summed E-state index contributed by atoms with van der Waals surface area (Å²) in [5, 5.41) is 0. The molecule has 0 N–H and O–H groups in total. The summed E-state index contributed by atoms with van der Waals surface area (Å²) in [4.78, 5) is 0. The molecule has 1 fully saturated rings. The number of hydrogen-bond donors (Lipinski definition) is 0. The van der Waals surface area contributed by atoms with Gasteiger partial charge in [-0.25, -0.2) is 0 Å². The van der Waals surface area contributed by atoms with E-state index >= 15 is 0 Å². The summed E-state index contributed by atoms with van der Waals surface area (Å²) >= 11 is 0. The third-order valence-corrected chi connectivity index (χ3v) is 6.73. The predicted molar refractivity (Wildman–Crippen MR) is 135 cm³/mol. The van der Waals surface area contributed by atoms with Gasteiger partial charge in [0.2, 0.25) is 0 Å². The molecule has 0 aromatic heterocycles.